The predicted molar refractivity (Wildman–Crippen MR) is 41.8 cm³/mol. The third-order valence-corrected chi connectivity index (χ3v) is 0.586. The molecule has 0 radical (unpaired) electrons. The molecule has 0 saturated heterocycles. The zero-order chi connectivity index (χ0) is 9.82. The standard InChI is InChI=1S/C5H9NO2.C2N2/c1-3-4-8-5(7)6-2;3-1-2-4/h3H,1,4H2,2H3,(H,6,7);. The van der Waals surface area contributed by atoms with E-state index in [9.17, 15) is 4.79 Å². The van der Waals surface area contributed by atoms with E-state index in [1.165, 1.54) is 25.3 Å². The van der Waals surface area contributed by atoms with Gasteiger partial charge < -0.3 is 10.1 Å². The first-order valence-electron chi connectivity index (χ1n) is 2.96. The van der Waals surface area contributed by atoms with Crippen LogP contribution in [-0.4, -0.2) is 19.7 Å². The van der Waals surface area contributed by atoms with E-state index in [-0.39, 0.29) is 6.61 Å². The molecule has 0 aliphatic rings. The number of rotatable bonds is 2. The molecule has 0 aromatic rings. The SMILES string of the molecule is C=CCOC(=O)NC.N#CC#N. The maximum atomic E-state index is 10.2. The molecule has 1 amide bonds. The molecule has 5 heteroatoms. The second kappa shape index (κ2) is 11.7. The maximum Gasteiger partial charge on any atom is 0.407 e. The first kappa shape index (κ1) is 12.6. The van der Waals surface area contributed by atoms with Gasteiger partial charge in [0, 0.05) is 7.05 Å². The molecular weight excluding hydrogens is 158 g/mol. The molecule has 0 aromatic heterocycles. The zero-order valence-electron chi connectivity index (χ0n) is 6.70. The van der Waals surface area contributed by atoms with Crippen LogP contribution in [0.25, 0.3) is 0 Å². The average Bonchev–Trinajstić information content (AvgIpc) is 2.14. The molecule has 0 atom stereocenters. The Morgan fingerprint density at radius 1 is 1.67 bits per heavy atom. The lowest BCUT2D eigenvalue weighted by atomic mass is 10.7. The molecule has 0 unspecified atom stereocenters. The summed E-state index contributed by atoms with van der Waals surface area (Å²) in [6.45, 7) is 3.63. The van der Waals surface area contributed by atoms with Crippen LogP contribution in [-0.2, 0) is 4.74 Å². The molecule has 12 heavy (non-hydrogen) atoms. The van der Waals surface area contributed by atoms with E-state index in [1.807, 2.05) is 0 Å². The Morgan fingerprint density at radius 3 is 2.42 bits per heavy atom. The fourth-order valence-electron chi connectivity index (χ4n) is 0.207. The predicted octanol–water partition coefficient (Wildman–Crippen LogP) is 0.562. The molecule has 0 fully saturated rings. The zero-order valence-corrected chi connectivity index (χ0v) is 6.70. The van der Waals surface area contributed by atoms with Crippen LogP contribution in [0.2, 0.25) is 0 Å². The van der Waals surface area contributed by atoms with E-state index >= 15 is 0 Å². The first-order chi connectivity index (χ1) is 5.72. The van der Waals surface area contributed by atoms with Crippen LogP contribution in [0.5, 0.6) is 0 Å². The third-order valence-electron chi connectivity index (χ3n) is 0.586. The van der Waals surface area contributed by atoms with Crippen LogP contribution in [0.3, 0.4) is 0 Å². The lowest BCUT2D eigenvalue weighted by molar-refractivity contribution is 0.161. The van der Waals surface area contributed by atoms with E-state index in [2.05, 4.69) is 16.6 Å². The Labute approximate surface area is 70.9 Å². The Kier molecular flexibility index (Phi) is 12.4. The van der Waals surface area contributed by atoms with Crippen molar-refractivity contribution in [2.45, 2.75) is 0 Å². The number of alkyl carbamates (subject to hydrolysis) is 1. The Bertz CT molecular complexity index is 200. The minimum absolute atomic E-state index is 0.264. The van der Waals surface area contributed by atoms with Gasteiger partial charge in [0.05, 0.1) is 0 Å². The molecule has 0 spiro atoms. The Hall–Kier alpha value is -2.01. The average molecular weight is 167 g/mol. The molecule has 0 heterocycles. The molecule has 64 valence electrons. The van der Waals surface area contributed by atoms with Crippen molar-refractivity contribution < 1.29 is 9.53 Å². The fraction of sp³-hybridized carbons (Fsp3) is 0.286. The van der Waals surface area contributed by atoms with E-state index in [0.29, 0.717) is 0 Å². The number of amides is 1. The van der Waals surface area contributed by atoms with Crippen molar-refractivity contribution in [1.29, 1.82) is 10.5 Å². The molecule has 0 rings (SSSR count). The monoisotopic (exact) mass is 167 g/mol. The summed E-state index contributed by atoms with van der Waals surface area (Å²) in [4.78, 5) is 10.2. The number of nitrogens with one attached hydrogen (secondary N) is 1. The largest absolute Gasteiger partial charge is 0.445 e. The van der Waals surface area contributed by atoms with Gasteiger partial charge in [-0.1, -0.05) is 12.7 Å². The smallest absolute Gasteiger partial charge is 0.407 e. The van der Waals surface area contributed by atoms with Crippen molar-refractivity contribution in [1.82, 2.24) is 5.32 Å². The summed E-state index contributed by atoms with van der Waals surface area (Å²) >= 11 is 0. The second-order valence-corrected chi connectivity index (χ2v) is 1.36. The molecular formula is C7H9N3O2. The molecule has 1 N–H and O–H groups in total. The lowest BCUT2D eigenvalue weighted by Crippen LogP contribution is -2.18. The van der Waals surface area contributed by atoms with Gasteiger partial charge in [-0.15, -0.1) is 0 Å². The summed E-state index contributed by atoms with van der Waals surface area (Å²) in [6.07, 6.45) is 1.08. The van der Waals surface area contributed by atoms with Crippen LogP contribution in [0, 0.1) is 22.7 Å². The first-order valence-corrected chi connectivity index (χ1v) is 2.96. The number of carbonyl (C=O) groups excluding carboxylic acids is 1. The van der Waals surface area contributed by atoms with Crippen LogP contribution in [0.15, 0.2) is 12.7 Å². The van der Waals surface area contributed by atoms with Crippen molar-refractivity contribution in [3.8, 4) is 12.1 Å². The summed E-state index contributed by atoms with van der Waals surface area (Å²) in [6, 6.07) is 2.47. The van der Waals surface area contributed by atoms with Crippen molar-refractivity contribution in [2.24, 2.45) is 0 Å². The number of hydrogen-bond donors (Lipinski definition) is 1. The minimum Gasteiger partial charge on any atom is -0.445 e. The highest BCUT2D eigenvalue weighted by Crippen LogP contribution is 1.73. The van der Waals surface area contributed by atoms with Gasteiger partial charge in [-0.25, -0.2) is 4.79 Å². The van der Waals surface area contributed by atoms with Gasteiger partial charge in [-0.2, -0.15) is 10.5 Å². The van der Waals surface area contributed by atoms with Crippen molar-refractivity contribution >= 4 is 6.09 Å². The topological polar surface area (TPSA) is 85.9 Å². The van der Waals surface area contributed by atoms with E-state index < -0.39 is 6.09 Å². The Balaban J connectivity index is 0. The molecule has 0 aliphatic carbocycles. The second-order valence-electron chi connectivity index (χ2n) is 1.36. The fourth-order valence-corrected chi connectivity index (χ4v) is 0.207. The van der Waals surface area contributed by atoms with E-state index in [0.717, 1.165) is 0 Å². The Morgan fingerprint density at radius 2 is 2.17 bits per heavy atom. The van der Waals surface area contributed by atoms with Crippen LogP contribution in [0.1, 0.15) is 0 Å². The number of carbonyl (C=O) groups is 1. The summed E-state index contributed by atoms with van der Waals surface area (Å²) in [5.41, 5.74) is 0. The van der Waals surface area contributed by atoms with Gasteiger partial charge in [0.15, 0.2) is 12.1 Å². The van der Waals surface area contributed by atoms with Gasteiger partial charge >= 0.3 is 6.09 Å². The summed E-state index contributed by atoms with van der Waals surface area (Å²) < 4.78 is 4.47. The minimum atomic E-state index is -0.426. The van der Waals surface area contributed by atoms with Gasteiger partial charge in [0.1, 0.15) is 6.61 Å². The van der Waals surface area contributed by atoms with Crippen molar-refractivity contribution in [2.75, 3.05) is 13.7 Å². The van der Waals surface area contributed by atoms with Crippen molar-refractivity contribution in [3.05, 3.63) is 12.7 Å². The van der Waals surface area contributed by atoms with E-state index in [4.69, 9.17) is 10.5 Å². The summed E-state index contributed by atoms with van der Waals surface area (Å²) in [5, 5.41) is 16.8. The van der Waals surface area contributed by atoms with Crippen molar-refractivity contribution in [3.63, 3.8) is 0 Å². The van der Waals surface area contributed by atoms with Gasteiger partial charge in [-0.3, -0.25) is 0 Å². The van der Waals surface area contributed by atoms with Crippen LogP contribution >= 0.6 is 0 Å². The van der Waals surface area contributed by atoms with Gasteiger partial charge in [0.2, 0.25) is 0 Å². The molecule has 0 aliphatic heterocycles. The highest BCUT2D eigenvalue weighted by Gasteiger charge is 1.90. The number of nitrogens with zero attached hydrogens (tertiary/aromatic N) is 2. The summed E-state index contributed by atoms with van der Waals surface area (Å²) in [5.74, 6) is 0. The lowest BCUT2D eigenvalue weighted by Gasteiger charge is -1.96. The highest BCUT2D eigenvalue weighted by molar-refractivity contribution is 5.66. The third kappa shape index (κ3) is 15.7. The molecule has 0 saturated carbocycles. The van der Waals surface area contributed by atoms with Gasteiger partial charge in [-0.05, 0) is 0 Å². The van der Waals surface area contributed by atoms with Crippen LogP contribution in [0.4, 0.5) is 4.79 Å². The highest BCUT2D eigenvalue weighted by atomic mass is 16.5. The van der Waals surface area contributed by atoms with Crippen LogP contribution < -0.4 is 5.32 Å². The maximum absolute atomic E-state index is 10.2. The quantitative estimate of drug-likeness (QED) is 0.609. The molecule has 5 nitrogen and oxygen atoms in total. The van der Waals surface area contributed by atoms with Gasteiger partial charge in [0.25, 0.3) is 0 Å². The number of nitriles is 2. The normalized spacial score (nSPS) is 5.92. The van der Waals surface area contributed by atoms with E-state index in [1.54, 1.807) is 0 Å². The number of ether oxygens (including phenoxy) is 1. The molecule has 0 aromatic carbocycles. The molecule has 0 bridgehead atoms. The number of hydrogen-bond acceptors (Lipinski definition) is 4. The summed E-state index contributed by atoms with van der Waals surface area (Å²) in [7, 11) is 1.51.